The van der Waals surface area contributed by atoms with Gasteiger partial charge in [0, 0.05) is 4.47 Å². The molecule has 1 aromatic carbocycles. The van der Waals surface area contributed by atoms with Gasteiger partial charge in [-0.05, 0) is 46.5 Å². The number of carbonyl (C=O) groups is 1. The number of carboxylic acid groups (broad SMARTS) is 1. The summed E-state index contributed by atoms with van der Waals surface area (Å²) in [6.45, 7) is 3.65. The molecule has 118 valence electrons. The Kier molecular flexibility index (Phi) is 6.18. The highest BCUT2D eigenvalue weighted by Crippen LogP contribution is 2.26. The van der Waals surface area contributed by atoms with Crippen molar-refractivity contribution in [3.63, 3.8) is 0 Å². The molecular formula is C13H18BrNO5S. The van der Waals surface area contributed by atoms with E-state index in [0.29, 0.717) is 10.2 Å². The van der Waals surface area contributed by atoms with Gasteiger partial charge in [0.2, 0.25) is 10.0 Å². The lowest BCUT2D eigenvalue weighted by molar-refractivity contribution is -0.139. The molecule has 0 saturated heterocycles. The molecule has 0 aliphatic heterocycles. The predicted octanol–water partition coefficient (Wildman–Crippen LogP) is 2.24. The minimum atomic E-state index is -3.94. The molecule has 6 nitrogen and oxygen atoms in total. The van der Waals surface area contributed by atoms with Crippen LogP contribution in [0.1, 0.15) is 20.3 Å². The number of hydrogen-bond donors (Lipinski definition) is 2. The first kappa shape index (κ1) is 17.9. The summed E-state index contributed by atoms with van der Waals surface area (Å²) in [5.74, 6) is -0.650. The molecule has 0 unspecified atom stereocenters. The van der Waals surface area contributed by atoms with Crippen molar-refractivity contribution in [2.45, 2.75) is 31.2 Å². The van der Waals surface area contributed by atoms with Crippen molar-refractivity contribution in [1.29, 1.82) is 0 Å². The molecule has 2 N–H and O–H groups in total. The quantitative estimate of drug-likeness (QED) is 0.757. The lowest BCUT2D eigenvalue weighted by Crippen LogP contribution is -2.41. The molecule has 1 atom stereocenters. The number of hydrogen-bond acceptors (Lipinski definition) is 4. The van der Waals surface area contributed by atoms with Crippen molar-refractivity contribution in [3.05, 3.63) is 22.7 Å². The third-order valence-electron chi connectivity index (χ3n) is 2.73. The fourth-order valence-corrected chi connectivity index (χ4v) is 4.01. The van der Waals surface area contributed by atoms with Crippen LogP contribution in [0.3, 0.4) is 0 Å². The smallest absolute Gasteiger partial charge is 0.321 e. The van der Waals surface area contributed by atoms with Gasteiger partial charge < -0.3 is 9.84 Å². The van der Waals surface area contributed by atoms with Gasteiger partial charge in [0.05, 0.1) is 12.0 Å². The monoisotopic (exact) mass is 379 g/mol. The highest BCUT2D eigenvalue weighted by atomic mass is 79.9. The summed E-state index contributed by atoms with van der Waals surface area (Å²) < 4.78 is 32.1. The van der Waals surface area contributed by atoms with Crippen LogP contribution in [0.4, 0.5) is 0 Å². The first-order valence-electron chi connectivity index (χ1n) is 6.26. The number of ether oxygens (including phenoxy) is 1. The van der Waals surface area contributed by atoms with Crippen molar-refractivity contribution < 1.29 is 23.1 Å². The highest BCUT2D eigenvalue weighted by Gasteiger charge is 2.27. The summed E-state index contributed by atoms with van der Waals surface area (Å²) >= 11 is 3.15. The molecule has 0 fully saturated rings. The second kappa shape index (κ2) is 7.24. The zero-order chi connectivity index (χ0) is 16.2. The largest absolute Gasteiger partial charge is 0.497 e. The molecule has 1 rings (SSSR count). The van der Waals surface area contributed by atoms with E-state index in [4.69, 9.17) is 9.84 Å². The van der Waals surface area contributed by atoms with E-state index in [1.54, 1.807) is 0 Å². The first-order chi connectivity index (χ1) is 9.67. The molecule has 0 radical (unpaired) electrons. The number of sulfonamides is 1. The van der Waals surface area contributed by atoms with Crippen LogP contribution in [0.2, 0.25) is 0 Å². The normalized spacial score (nSPS) is 13.2. The minimum absolute atomic E-state index is 0.0293. The van der Waals surface area contributed by atoms with E-state index >= 15 is 0 Å². The molecule has 21 heavy (non-hydrogen) atoms. The van der Waals surface area contributed by atoms with Gasteiger partial charge in [-0.3, -0.25) is 4.79 Å². The average Bonchev–Trinajstić information content (AvgIpc) is 2.36. The molecule has 0 saturated carbocycles. The summed E-state index contributed by atoms with van der Waals surface area (Å²) in [5, 5.41) is 9.13. The number of benzene rings is 1. The van der Waals surface area contributed by atoms with E-state index in [0.717, 1.165) is 0 Å². The van der Waals surface area contributed by atoms with E-state index in [1.165, 1.54) is 25.3 Å². The van der Waals surface area contributed by atoms with Crippen LogP contribution in [0.5, 0.6) is 5.75 Å². The average molecular weight is 380 g/mol. The fraction of sp³-hybridized carbons (Fsp3) is 0.462. The topological polar surface area (TPSA) is 92.7 Å². The predicted molar refractivity (Wildman–Crippen MR) is 81.9 cm³/mol. The Hall–Kier alpha value is -1.12. The molecule has 1 aromatic rings. The molecule has 0 aromatic heterocycles. The molecule has 0 spiro atoms. The second-order valence-electron chi connectivity index (χ2n) is 4.94. The minimum Gasteiger partial charge on any atom is -0.497 e. The molecule has 0 amide bonds. The van der Waals surface area contributed by atoms with Crippen LogP contribution >= 0.6 is 15.9 Å². The first-order valence-corrected chi connectivity index (χ1v) is 8.53. The Bertz CT molecular complexity index is 615. The van der Waals surface area contributed by atoms with Crippen LogP contribution in [-0.2, 0) is 14.8 Å². The van der Waals surface area contributed by atoms with Crippen LogP contribution in [0, 0.1) is 5.92 Å². The van der Waals surface area contributed by atoms with Gasteiger partial charge in [-0.2, -0.15) is 4.72 Å². The number of carboxylic acids is 1. The number of nitrogens with one attached hydrogen (secondary N) is 1. The van der Waals surface area contributed by atoms with Gasteiger partial charge in [0.1, 0.15) is 11.8 Å². The molecular weight excluding hydrogens is 362 g/mol. The maximum atomic E-state index is 12.3. The lowest BCUT2D eigenvalue weighted by atomic mass is 10.1. The number of aliphatic carboxylic acids is 1. The van der Waals surface area contributed by atoms with Crippen LogP contribution in [-0.4, -0.2) is 32.6 Å². The second-order valence-corrected chi connectivity index (χ2v) is 7.47. The van der Waals surface area contributed by atoms with Gasteiger partial charge in [-0.1, -0.05) is 13.8 Å². The zero-order valence-corrected chi connectivity index (χ0v) is 14.4. The third-order valence-corrected chi connectivity index (χ3v) is 5.18. The van der Waals surface area contributed by atoms with E-state index in [-0.39, 0.29) is 17.2 Å². The van der Waals surface area contributed by atoms with Crippen molar-refractivity contribution >= 4 is 31.9 Å². The number of rotatable bonds is 7. The summed E-state index contributed by atoms with van der Waals surface area (Å²) in [6, 6.07) is 3.20. The molecule has 0 heterocycles. The maximum Gasteiger partial charge on any atom is 0.321 e. The summed E-state index contributed by atoms with van der Waals surface area (Å²) in [7, 11) is -2.47. The van der Waals surface area contributed by atoms with Crippen molar-refractivity contribution in [1.82, 2.24) is 4.72 Å². The third kappa shape index (κ3) is 4.98. The summed E-state index contributed by atoms with van der Waals surface area (Å²) in [5.41, 5.74) is 0. The van der Waals surface area contributed by atoms with Crippen molar-refractivity contribution in [2.24, 2.45) is 5.92 Å². The van der Waals surface area contributed by atoms with Gasteiger partial charge in [0.15, 0.2) is 0 Å². The molecule has 8 heteroatoms. The van der Waals surface area contributed by atoms with Gasteiger partial charge >= 0.3 is 5.97 Å². The van der Waals surface area contributed by atoms with Gasteiger partial charge in [-0.25, -0.2) is 8.42 Å². The van der Waals surface area contributed by atoms with Crippen LogP contribution in [0.15, 0.2) is 27.6 Å². The zero-order valence-electron chi connectivity index (χ0n) is 12.0. The lowest BCUT2D eigenvalue weighted by Gasteiger charge is -2.17. The number of halogens is 1. The number of methoxy groups -OCH3 is 1. The van der Waals surface area contributed by atoms with E-state index in [2.05, 4.69) is 20.7 Å². The van der Waals surface area contributed by atoms with Crippen molar-refractivity contribution in [3.8, 4) is 5.75 Å². The maximum absolute atomic E-state index is 12.3. The van der Waals surface area contributed by atoms with Gasteiger partial charge in [0.25, 0.3) is 0 Å². The molecule has 0 bridgehead atoms. The van der Waals surface area contributed by atoms with Crippen LogP contribution in [0.25, 0.3) is 0 Å². The highest BCUT2D eigenvalue weighted by molar-refractivity contribution is 9.10. The summed E-state index contributed by atoms with van der Waals surface area (Å²) in [6.07, 6.45) is 0.211. The SMILES string of the molecule is COc1ccc(S(=O)(=O)N[C@H](CC(C)C)C(=O)O)c(Br)c1. The van der Waals surface area contributed by atoms with Crippen LogP contribution < -0.4 is 9.46 Å². The van der Waals surface area contributed by atoms with Gasteiger partial charge in [-0.15, -0.1) is 0 Å². The molecule has 0 aliphatic carbocycles. The van der Waals surface area contributed by atoms with Crippen molar-refractivity contribution in [2.75, 3.05) is 7.11 Å². The Balaban J connectivity index is 3.07. The summed E-state index contributed by atoms with van der Waals surface area (Å²) in [4.78, 5) is 11.1. The Morgan fingerprint density at radius 3 is 2.48 bits per heavy atom. The standard InChI is InChI=1S/C13H18BrNO5S/c1-8(2)6-11(13(16)17)15-21(18,19)12-5-4-9(20-3)7-10(12)14/h4-5,7-8,11,15H,6H2,1-3H3,(H,16,17)/t11-/m1/s1. The Morgan fingerprint density at radius 2 is 2.05 bits per heavy atom. The van der Waals surface area contributed by atoms with E-state index in [1.807, 2.05) is 13.8 Å². The molecule has 0 aliphatic rings. The fourth-order valence-electron chi connectivity index (χ4n) is 1.75. The van der Waals surface area contributed by atoms with E-state index < -0.39 is 22.0 Å². The van der Waals surface area contributed by atoms with E-state index in [9.17, 15) is 13.2 Å². The Morgan fingerprint density at radius 1 is 1.43 bits per heavy atom. The Labute approximate surface area is 132 Å².